The highest BCUT2D eigenvalue weighted by molar-refractivity contribution is 7.09. The molecule has 0 radical (unpaired) electrons. The third-order valence-corrected chi connectivity index (χ3v) is 3.10. The third kappa shape index (κ3) is 3.04. The average Bonchev–Trinajstić information content (AvgIpc) is 2.90. The van der Waals surface area contributed by atoms with Gasteiger partial charge >= 0.3 is 0 Å². The number of rotatable bonds is 5. The summed E-state index contributed by atoms with van der Waals surface area (Å²) in [5, 5.41) is 8.73. The molecule has 18 heavy (non-hydrogen) atoms. The maximum Gasteiger partial charge on any atom is 0.253 e. The maximum atomic E-state index is 12.0. The van der Waals surface area contributed by atoms with Crippen molar-refractivity contribution in [2.75, 3.05) is 11.9 Å². The van der Waals surface area contributed by atoms with E-state index in [0.29, 0.717) is 12.1 Å². The van der Waals surface area contributed by atoms with E-state index < -0.39 is 0 Å². The molecule has 2 rings (SSSR count). The first-order valence-corrected chi connectivity index (χ1v) is 6.53. The zero-order valence-electron chi connectivity index (χ0n) is 10.0. The summed E-state index contributed by atoms with van der Waals surface area (Å²) >= 11 is 1.52. The number of nitrogens with zero attached hydrogens (tertiary/aromatic N) is 2. The largest absolute Gasteiger partial charge is 0.383 e. The molecule has 0 aliphatic rings. The molecule has 0 bridgehead atoms. The minimum Gasteiger partial charge on any atom is -0.383 e. The SMILES string of the molecule is CCNc1cnccc1C(=O)NCc1nccs1. The smallest absolute Gasteiger partial charge is 0.253 e. The summed E-state index contributed by atoms with van der Waals surface area (Å²) in [4.78, 5) is 20.2. The number of pyridine rings is 1. The van der Waals surface area contributed by atoms with Crippen LogP contribution in [-0.4, -0.2) is 22.4 Å². The highest BCUT2D eigenvalue weighted by Crippen LogP contribution is 2.13. The van der Waals surface area contributed by atoms with Gasteiger partial charge in [-0.15, -0.1) is 11.3 Å². The van der Waals surface area contributed by atoms with Crippen LogP contribution in [0.15, 0.2) is 30.0 Å². The zero-order valence-corrected chi connectivity index (χ0v) is 10.8. The normalized spacial score (nSPS) is 10.1. The summed E-state index contributed by atoms with van der Waals surface area (Å²) in [6.07, 6.45) is 4.99. The summed E-state index contributed by atoms with van der Waals surface area (Å²) in [5.74, 6) is -0.122. The molecule has 2 N–H and O–H groups in total. The molecule has 2 aromatic heterocycles. The Morgan fingerprint density at radius 1 is 1.44 bits per heavy atom. The Bertz CT molecular complexity index is 513. The predicted molar refractivity (Wildman–Crippen MR) is 71.7 cm³/mol. The molecule has 2 heterocycles. The maximum absolute atomic E-state index is 12.0. The molecule has 0 atom stereocenters. The van der Waals surface area contributed by atoms with Crippen molar-refractivity contribution in [3.63, 3.8) is 0 Å². The van der Waals surface area contributed by atoms with Crippen LogP contribution in [0, 0.1) is 0 Å². The lowest BCUT2D eigenvalue weighted by atomic mass is 10.2. The van der Waals surface area contributed by atoms with Crippen molar-refractivity contribution in [1.29, 1.82) is 0 Å². The highest BCUT2D eigenvalue weighted by atomic mass is 32.1. The predicted octanol–water partition coefficient (Wildman–Crippen LogP) is 1.90. The fourth-order valence-electron chi connectivity index (χ4n) is 1.52. The number of amides is 1. The minimum absolute atomic E-state index is 0.122. The van der Waals surface area contributed by atoms with E-state index in [1.807, 2.05) is 12.3 Å². The highest BCUT2D eigenvalue weighted by Gasteiger charge is 2.10. The first-order valence-electron chi connectivity index (χ1n) is 5.65. The van der Waals surface area contributed by atoms with Gasteiger partial charge in [0.15, 0.2) is 0 Å². The first-order chi connectivity index (χ1) is 8.81. The topological polar surface area (TPSA) is 66.9 Å². The van der Waals surface area contributed by atoms with Crippen molar-refractivity contribution in [3.05, 3.63) is 40.6 Å². The Hall–Kier alpha value is -1.95. The van der Waals surface area contributed by atoms with Gasteiger partial charge in [-0.05, 0) is 13.0 Å². The molecule has 0 saturated carbocycles. The molecule has 0 aromatic carbocycles. The minimum atomic E-state index is -0.122. The van der Waals surface area contributed by atoms with Crippen LogP contribution >= 0.6 is 11.3 Å². The molecule has 2 aromatic rings. The molecule has 0 unspecified atom stereocenters. The molecule has 6 heteroatoms. The van der Waals surface area contributed by atoms with Crippen molar-refractivity contribution in [1.82, 2.24) is 15.3 Å². The number of aromatic nitrogens is 2. The summed E-state index contributed by atoms with van der Waals surface area (Å²) in [7, 11) is 0. The van der Waals surface area contributed by atoms with Crippen LogP contribution in [-0.2, 0) is 6.54 Å². The van der Waals surface area contributed by atoms with Crippen molar-refractivity contribution in [2.45, 2.75) is 13.5 Å². The van der Waals surface area contributed by atoms with Gasteiger partial charge in [0.2, 0.25) is 0 Å². The van der Waals surface area contributed by atoms with E-state index in [4.69, 9.17) is 0 Å². The lowest BCUT2D eigenvalue weighted by Gasteiger charge is -2.09. The quantitative estimate of drug-likeness (QED) is 0.863. The molecule has 1 amide bonds. The van der Waals surface area contributed by atoms with Crippen LogP contribution in [0.25, 0.3) is 0 Å². The number of thiazole rings is 1. The second kappa shape index (κ2) is 6.11. The molecule has 0 fully saturated rings. The molecule has 0 saturated heterocycles. The number of hydrogen-bond donors (Lipinski definition) is 2. The Morgan fingerprint density at radius 3 is 3.06 bits per heavy atom. The van der Waals surface area contributed by atoms with Crippen molar-refractivity contribution < 1.29 is 4.79 Å². The van der Waals surface area contributed by atoms with Crippen LogP contribution in [0.5, 0.6) is 0 Å². The molecular formula is C12H14N4OS. The standard InChI is InChI=1S/C12H14N4OS/c1-2-14-10-7-13-4-3-9(10)12(17)16-8-11-15-5-6-18-11/h3-7,14H,2,8H2,1H3,(H,16,17). The van der Waals surface area contributed by atoms with Crippen LogP contribution in [0.2, 0.25) is 0 Å². The number of carbonyl (C=O) groups excluding carboxylic acids is 1. The van der Waals surface area contributed by atoms with E-state index in [9.17, 15) is 4.79 Å². The Balaban J connectivity index is 2.04. The van der Waals surface area contributed by atoms with Gasteiger partial charge in [-0.3, -0.25) is 9.78 Å². The summed E-state index contributed by atoms with van der Waals surface area (Å²) in [6.45, 7) is 3.17. The third-order valence-electron chi connectivity index (χ3n) is 2.32. The molecule has 5 nitrogen and oxygen atoms in total. The summed E-state index contributed by atoms with van der Waals surface area (Å²) in [6, 6.07) is 1.70. The summed E-state index contributed by atoms with van der Waals surface area (Å²) < 4.78 is 0. The fourth-order valence-corrected chi connectivity index (χ4v) is 2.07. The van der Waals surface area contributed by atoms with Gasteiger partial charge in [-0.2, -0.15) is 0 Å². The lowest BCUT2D eigenvalue weighted by molar-refractivity contribution is 0.0951. The van der Waals surface area contributed by atoms with Gasteiger partial charge in [0.25, 0.3) is 5.91 Å². The Morgan fingerprint density at radius 2 is 2.33 bits per heavy atom. The molecule has 0 aliphatic heterocycles. The van der Waals surface area contributed by atoms with E-state index >= 15 is 0 Å². The van der Waals surface area contributed by atoms with Crippen LogP contribution < -0.4 is 10.6 Å². The van der Waals surface area contributed by atoms with Crippen LogP contribution in [0.4, 0.5) is 5.69 Å². The molecule has 0 aliphatic carbocycles. The molecule has 94 valence electrons. The van der Waals surface area contributed by atoms with Gasteiger partial charge in [-0.25, -0.2) is 4.98 Å². The van der Waals surface area contributed by atoms with Crippen molar-refractivity contribution >= 4 is 22.9 Å². The van der Waals surface area contributed by atoms with Gasteiger partial charge in [0, 0.05) is 24.3 Å². The molecule has 0 spiro atoms. The number of anilines is 1. The van der Waals surface area contributed by atoms with Gasteiger partial charge in [0.05, 0.1) is 24.0 Å². The summed E-state index contributed by atoms with van der Waals surface area (Å²) in [5.41, 5.74) is 1.35. The number of hydrogen-bond acceptors (Lipinski definition) is 5. The van der Waals surface area contributed by atoms with E-state index in [1.165, 1.54) is 11.3 Å². The second-order valence-corrected chi connectivity index (χ2v) is 4.54. The van der Waals surface area contributed by atoms with E-state index in [-0.39, 0.29) is 5.91 Å². The number of carbonyl (C=O) groups is 1. The lowest BCUT2D eigenvalue weighted by Crippen LogP contribution is -2.24. The van der Waals surface area contributed by atoms with Crippen molar-refractivity contribution in [2.24, 2.45) is 0 Å². The Kier molecular flexibility index (Phi) is 4.25. The van der Waals surface area contributed by atoms with Gasteiger partial charge in [-0.1, -0.05) is 0 Å². The Labute approximate surface area is 109 Å². The van der Waals surface area contributed by atoms with Crippen LogP contribution in [0.3, 0.4) is 0 Å². The fraction of sp³-hybridized carbons (Fsp3) is 0.250. The monoisotopic (exact) mass is 262 g/mol. The average molecular weight is 262 g/mol. The number of nitrogens with one attached hydrogen (secondary N) is 2. The second-order valence-electron chi connectivity index (χ2n) is 3.56. The molecular weight excluding hydrogens is 248 g/mol. The first kappa shape index (κ1) is 12.5. The van der Waals surface area contributed by atoms with E-state index in [1.54, 1.807) is 24.7 Å². The van der Waals surface area contributed by atoms with E-state index in [0.717, 1.165) is 17.2 Å². The van der Waals surface area contributed by atoms with Gasteiger partial charge in [0.1, 0.15) is 5.01 Å². The van der Waals surface area contributed by atoms with Gasteiger partial charge < -0.3 is 10.6 Å². The van der Waals surface area contributed by atoms with Crippen LogP contribution in [0.1, 0.15) is 22.3 Å². The van der Waals surface area contributed by atoms with E-state index in [2.05, 4.69) is 20.6 Å². The van der Waals surface area contributed by atoms with Crippen molar-refractivity contribution in [3.8, 4) is 0 Å². The zero-order chi connectivity index (χ0) is 12.8.